The van der Waals surface area contributed by atoms with Crippen LogP contribution < -0.4 is 0 Å². The van der Waals surface area contributed by atoms with Gasteiger partial charge in [0.25, 0.3) is 0 Å². The number of nitrogens with zero attached hydrogens (tertiary/aromatic N) is 4. The van der Waals surface area contributed by atoms with E-state index in [0.29, 0.717) is 38.9 Å². The molecule has 2 fully saturated rings. The molecule has 1 aliphatic heterocycles. The van der Waals surface area contributed by atoms with Crippen LogP contribution in [0.5, 0.6) is 0 Å². The number of rotatable bonds is 6. The number of hydrogen-bond acceptors (Lipinski definition) is 4. The van der Waals surface area contributed by atoms with Crippen LogP contribution in [0, 0.1) is 5.41 Å². The van der Waals surface area contributed by atoms with Gasteiger partial charge in [-0.1, -0.05) is 25.7 Å². The average molecular weight is 394 g/mol. The molecule has 0 aromatic carbocycles. The van der Waals surface area contributed by atoms with E-state index in [-0.39, 0.29) is 11.9 Å². The Bertz CT molecular complexity index is 699. The number of alkyl halides is 1. The Balaban J connectivity index is 1.70. The third-order valence-electron chi connectivity index (χ3n) is 6.35. The molecular weight excluding hydrogens is 363 g/mol. The van der Waals surface area contributed by atoms with E-state index in [2.05, 4.69) is 4.98 Å². The molecule has 1 amide bonds. The minimum absolute atomic E-state index is 0.141. The Kier molecular flexibility index (Phi) is 6.37. The maximum atomic E-state index is 14.2. The number of aliphatic carboxylic acids is 1. The van der Waals surface area contributed by atoms with Gasteiger partial charge in [-0.25, -0.2) is 9.37 Å². The zero-order valence-electron chi connectivity index (χ0n) is 16.8. The molecule has 7 nitrogen and oxygen atoms in total. The molecule has 1 aliphatic carbocycles. The van der Waals surface area contributed by atoms with E-state index in [9.17, 15) is 19.1 Å². The maximum absolute atomic E-state index is 14.2. The second-order valence-corrected chi connectivity index (χ2v) is 8.36. The van der Waals surface area contributed by atoms with Crippen molar-refractivity contribution in [3.63, 3.8) is 0 Å². The highest BCUT2D eigenvalue weighted by molar-refractivity contribution is 6.01. The molecule has 2 heterocycles. The summed E-state index contributed by atoms with van der Waals surface area (Å²) in [5.41, 5.74) is -1.33. The lowest BCUT2D eigenvalue weighted by molar-refractivity contribution is -0.161. The van der Waals surface area contributed by atoms with E-state index < -0.39 is 17.6 Å². The number of likely N-dealkylation sites (tertiary alicyclic amines) is 1. The van der Waals surface area contributed by atoms with Gasteiger partial charge in [0.2, 0.25) is 5.91 Å². The molecule has 8 heteroatoms. The van der Waals surface area contributed by atoms with Gasteiger partial charge in [0.1, 0.15) is 17.4 Å². The smallest absolute Gasteiger partial charge is 0.319 e. The molecule has 1 aromatic heterocycles. The molecule has 1 aromatic rings. The minimum Gasteiger partial charge on any atom is -0.480 e. The fourth-order valence-corrected chi connectivity index (χ4v) is 4.65. The van der Waals surface area contributed by atoms with Crippen molar-refractivity contribution in [2.45, 2.75) is 63.7 Å². The Hall–Kier alpha value is -1.96. The van der Waals surface area contributed by atoms with Crippen molar-refractivity contribution in [3.05, 3.63) is 18.2 Å². The monoisotopic (exact) mass is 394 g/mol. The highest BCUT2D eigenvalue weighted by Gasteiger charge is 2.48. The quantitative estimate of drug-likeness (QED) is 0.591. The third-order valence-corrected chi connectivity index (χ3v) is 6.35. The summed E-state index contributed by atoms with van der Waals surface area (Å²) in [6.07, 6.45) is 7.20. The molecular formula is C20H31FN4O3. The molecule has 156 valence electrons. The van der Waals surface area contributed by atoms with Crippen molar-refractivity contribution < 1.29 is 19.1 Å². The second-order valence-electron chi connectivity index (χ2n) is 8.36. The summed E-state index contributed by atoms with van der Waals surface area (Å²) >= 11 is 0. The second kappa shape index (κ2) is 8.59. The van der Waals surface area contributed by atoms with E-state index in [0.717, 1.165) is 31.5 Å². The standard InChI is InChI=1S/C20H31FN4O3/c1-23-10-9-22-17(23)14-25-12-15(21)11-16(25)13-24(2)18(26)20(19(27)28)7-5-3-4-6-8-20/h9-10,15-16H,3-8,11-14H2,1-2H3,(H,27,28)/t15-,16-/m0/s1. The van der Waals surface area contributed by atoms with Crippen LogP contribution in [0.3, 0.4) is 0 Å². The molecule has 28 heavy (non-hydrogen) atoms. The van der Waals surface area contributed by atoms with Gasteiger partial charge in [-0.05, 0) is 19.3 Å². The molecule has 1 N–H and O–H groups in total. The van der Waals surface area contributed by atoms with Gasteiger partial charge in [0.05, 0.1) is 6.54 Å². The summed E-state index contributed by atoms with van der Waals surface area (Å²) in [6.45, 7) is 1.16. The van der Waals surface area contributed by atoms with Crippen molar-refractivity contribution in [2.75, 3.05) is 20.1 Å². The molecule has 1 saturated carbocycles. The summed E-state index contributed by atoms with van der Waals surface area (Å²) in [6, 6.07) is -0.141. The molecule has 3 rings (SSSR count). The fraction of sp³-hybridized carbons (Fsp3) is 0.750. The number of amides is 1. The number of imidazole rings is 1. The summed E-state index contributed by atoms with van der Waals surface area (Å²) in [5.74, 6) is -0.508. The number of carbonyl (C=O) groups excluding carboxylic acids is 1. The predicted octanol–water partition coefficient (Wildman–Crippen LogP) is 2.22. The van der Waals surface area contributed by atoms with Gasteiger partial charge >= 0.3 is 5.97 Å². The SMILES string of the molecule is CN(C[C@@H]1C[C@H](F)CN1Cc1nccn1C)C(=O)C1(C(=O)O)CCCCCC1. The zero-order valence-corrected chi connectivity index (χ0v) is 16.8. The lowest BCUT2D eigenvalue weighted by Crippen LogP contribution is -2.50. The predicted molar refractivity (Wildman–Crippen MR) is 102 cm³/mol. The van der Waals surface area contributed by atoms with Crippen LogP contribution in [0.1, 0.15) is 50.8 Å². The first-order chi connectivity index (χ1) is 13.3. The molecule has 1 saturated heterocycles. The summed E-state index contributed by atoms with van der Waals surface area (Å²) in [4.78, 5) is 33.1. The highest BCUT2D eigenvalue weighted by atomic mass is 19.1. The van der Waals surface area contributed by atoms with Crippen molar-refractivity contribution in [1.82, 2.24) is 19.4 Å². The van der Waals surface area contributed by atoms with Gasteiger partial charge in [-0.3, -0.25) is 14.5 Å². The van der Waals surface area contributed by atoms with Crippen LogP contribution in [-0.4, -0.2) is 68.7 Å². The van der Waals surface area contributed by atoms with E-state index in [1.807, 2.05) is 22.7 Å². The molecule has 2 aliphatic rings. The van der Waals surface area contributed by atoms with Crippen molar-refractivity contribution >= 4 is 11.9 Å². The number of hydrogen-bond donors (Lipinski definition) is 1. The van der Waals surface area contributed by atoms with Crippen molar-refractivity contribution in [2.24, 2.45) is 12.5 Å². The summed E-state index contributed by atoms with van der Waals surface area (Å²) in [5, 5.41) is 9.86. The zero-order chi connectivity index (χ0) is 20.3. The fourth-order valence-electron chi connectivity index (χ4n) is 4.65. The van der Waals surface area contributed by atoms with E-state index in [1.54, 1.807) is 13.2 Å². The number of halogens is 1. The first kappa shape index (κ1) is 20.8. The molecule has 0 radical (unpaired) electrons. The summed E-state index contributed by atoms with van der Waals surface area (Å²) < 4.78 is 16.1. The number of likely N-dealkylation sites (N-methyl/N-ethyl adjacent to an activating group) is 1. The number of carboxylic acid groups (broad SMARTS) is 1. The van der Waals surface area contributed by atoms with Crippen molar-refractivity contribution in [3.8, 4) is 0 Å². The largest absolute Gasteiger partial charge is 0.480 e. The van der Waals surface area contributed by atoms with Gasteiger partial charge in [0, 0.05) is 45.6 Å². The van der Waals surface area contributed by atoms with Crippen LogP contribution in [0.4, 0.5) is 4.39 Å². The molecule has 0 spiro atoms. The van der Waals surface area contributed by atoms with E-state index >= 15 is 0 Å². The first-order valence-corrected chi connectivity index (χ1v) is 10.2. The van der Waals surface area contributed by atoms with Crippen LogP contribution in [0.2, 0.25) is 0 Å². The number of aryl methyl sites for hydroxylation is 1. The van der Waals surface area contributed by atoms with Gasteiger partial charge in [-0.15, -0.1) is 0 Å². The minimum atomic E-state index is -1.33. The normalized spacial score (nSPS) is 25.4. The highest BCUT2D eigenvalue weighted by Crippen LogP contribution is 2.37. The average Bonchev–Trinajstić information content (AvgIpc) is 3.09. The lowest BCUT2D eigenvalue weighted by Gasteiger charge is -2.34. The Morgan fingerprint density at radius 3 is 2.57 bits per heavy atom. The van der Waals surface area contributed by atoms with Crippen LogP contribution in [-0.2, 0) is 23.2 Å². The van der Waals surface area contributed by atoms with Gasteiger partial charge < -0.3 is 14.6 Å². The number of carbonyl (C=O) groups is 2. The maximum Gasteiger partial charge on any atom is 0.319 e. The number of carboxylic acids is 1. The van der Waals surface area contributed by atoms with Crippen LogP contribution in [0.15, 0.2) is 12.4 Å². The Morgan fingerprint density at radius 1 is 1.32 bits per heavy atom. The topological polar surface area (TPSA) is 78.7 Å². The first-order valence-electron chi connectivity index (χ1n) is 10.2. The third kappa shape index (κ3) is 4.21. The molecule has 0 bridgehead atoms. The van der Waals surface area contributed by atoms with E-state index in [1.165, 1.54) is 4.90 Å². The van der Waals surface area contributed by atoms with Gasteiger partial charge in [-0.2, -0.15) is 0 Å². The molecule has 0 unspecified atom stereocenters. The Labute approximate surface area is 165 Å². The van der Waals surface area contributed by atoms with Gasteiger partial charge in [0.15, 0.2) is 0 Å². The van der Waals surface area contributed by atoms with E-state index in [4.69, 9.17) is 0 Å². The Morgan fingerprint density at radius 2 is 2.00 bits per heavy atom. The van der Waals surface area contributed by atoms with Crippen LogP contribution >= 0.6 is 0 Å². The van der Waals surface area contributed by atoms with Crippen molar-refractivity contribution in [1.29, 1.82) is 0 Å². The lowest BCUT2D eigenvalue weighted by atomic mass is 9.79. The molecule has 2 atom stereocenters. The number of aromatic nitrogens is 2. The summed E-state index contributed by atoms with van der Waals surface area (Å²) in [7, 11) is 3.56. The van der Waals surface area contributed by atoms with Crippen LogP contribution in [0.25, 0.3) is 0 Å².